The molecule has 0 spiro atoms. The number of unbranched alkanes of at least 4 members (excludes halogenated alkanes) is 1. The average molecular weight is 352 g/mol. The molecule has 1 atom stereocenters. The smallest absolute Gasteiger partial charge is 0.293 e. The Kier molecular flexibility index (Phi) is 5.79. The van der Waals surface area contributed by atoms with Gasteiger partial charge in [0, 0.05) is 22.8 Å². The Labute approximate surface area is 134 Å². The lowest BCUT2D eigenvalue weighted by Crippen LogP contribution is -2.40. The Bertz CT molecular complexity index is 530. The first-order valence-corrected chi connectivity index (χ1v) is 8.28. The van der Waals surface area contributed by atoms with Crippen molar-refractivity contribution in [3.8, 4) is 0 Å². The van der Waals surface area contributed by atoms with E-state index in [2.05, 4.69) is 39.7 Å². The van der Waals surface area contributed by atoms with Crippen LogP contribution in [0.5, 0.6) is 0 Å². The summed E-state index contributed by atoms with van der Waals surface area (Å²) in [7, 11) is 0. The fourth-order valence-corrected chi connectivity index (χ4v) is 2.78. The van der Waals surface area contributed by atoms with Crippen molar-refractivity contribution in [1.29, 1.82) is 5.41 Å². The molecule has 5 heteroatoms. The number of halogens is 1. The first-order chi connectivity index (χ1) is 10.2. The van der Waals surface area contributed by atoms with E-state index in [1.807, 2.05) is 18.2 Å². The number of hydrogen-bond acceptors (Lipinski definition) is 4. The summed E-state index contributed by atoms with van der Waals surface area (Å²) in [6.07, 6.45) is 4.57. The van der Waals surface area contributed by atoms with Gasteiger partial charge in [-0.2, -0.15) is 4.99 Å². The quantitative estimate of drug-likeness (QED) is 0.597. The van der Waals surface area contributed by atoms with Gasteiger partial charge in [0.1, 0.15) is 0 Å². The normalized spacial score (nSPS) is 17.2. The molecule has 0 amide bonds. The van der Waals surface area contributed by atoms with Gasteiger partial charge in [0.15, 0.2) is 0 Å². The van der Waals surface area contributed by atoms with Gasteiger partial charge >= 0.3 is 0 Å². The molecule has 1 heterocycles. The van der Waals surface area contributed by atoms with E-state index in [1.165, 1.54) is 6.21 Å². The standard InChI is InChI=1S/C16H22BrN3O/c1-3-5-9-21-16-19-14-7-6-12(17)10-13(14)15(11-18)20(16)8-4-2/h6-7,10-11,15,18H,3-5,8-9H2,1-2H3. The molecule has 1 aromatic carbocycles. The molecular weight excluding hydrogens is 330 g/mol. The highest BCUT2D eigenvalue weighted by Crippen LogP contribution is 2.36. The Morgan fingerprint density at radius 1 is 1.38 bits per heavy atom. The lowest BCUT2D eigenvalue weighted by atomic mass is 10.0. The maximum Gasteiger partial charge on any atom is 0.293 e. The molecule has 21 heavy (non-hydrogen) atoms. The van der Waals surface area contributed by atoms with Gasteiger partial charge in [0.25, 0.3) is 6.02 Å². The number of hydrogen-bond donors (Lipinski definition) is 1. The van der Waals surface area contributed by atoms with Crippen molar-refractivity contribution in [3.63, 3.8) is 0 Å². The highest BCUT2D eigenvalue weighted by molar-refractivity contribution is 9.10. The van der Waals surface area contributed by atoms with Crippen LogP contribution in [0.4, 0.5) is 5.69 Å². The first-order valence-electron chi connectivity index (χ1n) is 7.49. The van der Waals surface area contributed by atoms with Crippen LogP contribution in [0, 0.1) is 5.41 Å². The van der Waals surface area contributed by atoms with Crippen molar-refractivity contribution >= 4 is 33.9 Å². The second-order valence-corrected chi connectivity index (χ2v) is 6.02. The molecule has 114 valence electrons. The Balaban J connectivity index is 2.35. The molecule has 0 bridgehead atoms. The molecule has 0 aromatic heterocycles. The van der Waals surface area contributed by atoms with E-state index in [4.69, 9.17) is 10.1 Å². The van der Waals surface area contributed by atoms with Crippen LogP contribution >= 0.6 is 15.9 Å². The second-order valence-electron chi connectivity index (χ2n) is 5.10. The van der Waals surface area contributed by atoms with Crippen LogP contribution < -0.4 is 0 Å². The lowest BCUT2D eigenvalue weighted by Gasteiger charge is -2.35. The molecule has 0 fully saturated rings. The Morgan fingerprint density at radius 3 is 2.86 bits per heavy atom. The van der Waals surface area contributed by atoms with Crippen LogP contribution in [-0.4, -0.2) is 30.3 Å². The second kappa shape index (κ2) is 7.59. The minimum atomic E-state index is -0.105. The molecule has 2 rings (SSSR count). The third kappa shape index (κ3) is 3.64. The van der Waals surface area contributed by atoms with Gasteiger partial charge in [-0.05, 0) is 31.0 Å². The molecule has 4 nitrogen and oxygen atoms in total. The predicted molar refractivity (Wildman–Crippen MR) is 90.6 cm³/mol. The van der Waals surface area contributed by atoms with E-state index in [0.29, 0.717) is 12.6 Å². The average Bonchev–Trinajstić information content (AvgIpc) is 2.48. The Hall–Kier alpha value is -1.36. The van der Waals surface area contributed by atoms with Crippen LogP contribution in [0.2, 0.25) is 0 Å². The summed E-state index contributed by atoms with van der Waals surface area (Å²) in [5, 5.41) is 7.82. The van der Waals surface area contributed by atoms with Crippen LogP contribution in [0.25, 0.3) is 0 Å². The molecule has 1 N–H and O–H groups in total. The molecule has 1 unspecified atom stereocenters. The summed E-state index contributed by atoms with van der Waals surface area (Å²) in [4.78, 5) is 6.73. The van der Waals surface area contributed by atoms with Crippen molar-refractivity contribution in [2.24, 2.45) is 4.99 Å². The lowest BCUT2D eigenvalue weighted by molar-refractivity contribution is 0.212. The van der Waals surface area contributed by atoms with Crippen molar-refractivity contribution in [3.05, 3.63) is 28.2 Å². The highest BCUT2D eigenvalue weighted by atomic mass is 79.9. The van der Waals surface area contributed by atoms with Crippen molar-refractivity contribution in [2.75, 3.05) is 13.2 Å². The third-order valence-corrected chi connectivity index (χ3v) is 3.95. The summed E-state index contributed by atoms with van der Waals surface area (Å²) in [5.74, 6) is 0. The molecule has 1 aliphatic rings. The number of nitrogens with zero attached hydrogens (tertiary/aromatic N) is 2. The number of aliphatic imine (C=N–C) groups is 1. The zero-order valence-electron chi connectivity index (χ0n) is 12.6. The van der Waals surface area contributed by atoms with Gasteiger partial charge in [-0.3, -0.25) is 0 Å². The topological polar surface area (TPSA) is 48.7 Å². The van der Waals surface area contributed by atoms with Crippen molar-refractivity contribution in [2.45, 2.75) is 39.2 Å². The van der Waals surface area contributed by atoms with E-state index < -0.39 is 0 Å². The predicted octanol–water partition coefficient (Wildman–Crippen LogP) is 4.67. The van der Waals surface area contributed by atoms with Gasteiger partial charge in [0.05, 0.1) is 18.3 Å². The number of benzene rings is 1. The van der Waals surface area contributed by atoms with Gasteiger partial charge in [-0.25, -0.2) is 0 Å². The minimum absolute atomic E-state index is 0.105. The molecule has 0 saturated carbocycles. The maximum atomic E-state index is 7.82. The zero-order valence-corrected chi connectivity index (χ0v) is 14.2. The summed E-state index contributed by atoms with van der Waals surface area (Å²) in [6.45, 7) is 5.77. The zero-order chi connectivity index (χ0) is 15.2. The largest absolute Gasteiger partial charge is 0.465 e. The summed E-state index contributed by atoms with van der Waals surface area (Å²) < 4.78 is 6.88. The first kappa shape index (κ1) is 16.0. The maximum absolute atomic E-state index is 7.82. The SMILES string of the molecule is CCCCOC1=Nc2ccc(Br)cc2C(C=N)N1CCC. The minimum Gasteiger partial charge on any atom is -0.465 e. The van der Waals surface area contributed by atoms with Crippen molar-refractivity contribution in [1.82, 2.24) is 4.90 Å². The summed E-state index contributed by atoms with van der Waals surface area (Å²) in [6, 6.07) is 6.53. The number of nitrogens with one attached hydrogen (secondary N) is 1. The molecule has 1 aromatic rings. The van der Waals surface area contributed by atoms with E-state index in [-0.39, 0.29) is 6.04 Å². The number of rotatable bonds is 6. The van der Waals surface area contributed by atoms with E-state index in [9.17, 15) is 0 Å². The molecule has 0 radical (unpaired) electrons. The molecule has 0 aliphatic carbocycles. The number of amidine groups is 1. The molecule has 0 saturated heterocycles. The van der Waals surface area contributed by atoms with Crippen LogP contribution in [-0.2, 0) is 4.74 Å². The fraction of sp³-hybridized carbons (Fsp3) is 0.500. The third-order valence-electron chi connectivity index (χ3n) is 3.46. The van der Waals surface area contributed by atoms with Gasteiger partial charge in [-0.15, -0.1) is 0 Å². The van der Waals surface area contributed by atoms with Crippen molar-refractivity contribution < 1.29 is 4.74 Å². The fourth-order valence-electron chi connectivity index (χ4n) is 2.40. The van der Waals surface area contributed by atoms with Crippen LogP contribution in [0.3, 0.4) is 0 Å². The van der Waals surface area contributed by atoms with Crippen LogP contribution in [0.15, 0.2) is 27.7 Å². The van der Waals surface area contributed by atoms with Gasteiger partial charge in [-0.1, -0.05) is 36.2 Å². The van der Waals surface area contributed by atoms with Crippen LogP contribution in [0.1, 0.15) is 44.7 Å². The van der Waals surface area contributed by atoms with E-state index >= 15 is 0 Å². The number of ether oxygens (including phenoxy) is 1. The number of fused-ring (bicyclic) bond motifs is 1. The summed E-state index contributed by atoms with van der Waals surface area (Å²) in [5.41, 5.74) is 1.95. The van der Waals surface area contributed by atoms with Gasteiger partial charge < -0.3 is 15.0 Å². The Morgan fingerprint density at radius 2 is 2.19 bits per heavy atom. The molecular formula is C16H22BrN3O. The monoisotopic (exact) mass is 351 g/mol. The highest BCUT2D eigenvalue weighted by Gasteiger charge is 2.29. The summed E-state index contributed by atoms with van der Waals surface area (Å²) >= 11 is 3.50. The van der Waals surface area contributed by atoms with E-state index in [0.717, 1.165) is 41.5 Å². The van der Waals surface area contributed by atoms with E-state index in [1.54, 1.807) is 0 Å². The molecule has 1 aliphatic heterocycles. The van der Waals surface area contributed by atoms with Gasteiger partial charge in [0.2, 0.25) is 0 Å².